The van der Waals surface area contributed by atoms with Crippen LogP contribution >= 0.6 is 11.6 Å². The Morgan fingerprint density at radius 1 is 1.44 bits per heavy atom. The lowest BCUT2D eigenvalue weighted by molar-refractivity contribution is 0.0132. The summed E-state index contributed by atoms with van der Waals surface area (Å²) in [5.74, 6) is -3.11. The van der Waals surface area contributed by atoms with Crippen LogP contribution < -0.4 is 5.73 Å². The van der Waals surface area contributed by atoms with Crippen LogP contribution in [0.25, 0.3) is 0 Å². The van der Waals surface area contributed by atoms with Gasteiger partial charge in [-0.2, -0.15) is 0 Å². The fraction of sp³-hybridized carbons (Fsp3) is 0.455. The third-order valence-corrected chi connectivity index (χ3v) is 2.62. The molecule has 0 radical (unpaired) electrons. The van der Waals surface area contributed by atoms with Crippen LogP contribution in [0.3, 0.4) is 0 Å². The molecule has 16 heavy (non-hydrogen) atoms. The second kappa shape index (κ2) is 4.65. The summed E-state index contributed by atoms with van der Waals surface area (Å²) < 4.78 is 26.7. The maximum Gasteiger partial charge on any atom is 0.272 e. The molecule has 90 valence electrons. The number of halogens is 3. The van der Waals surface area contributed by atoms with Gasteiger partial charge in [0.05, 0.1) is 11.1 Å². The first-order valence-corrected chi connectivity index (χ1v) is 5.23. The van der Waals surface area contributed by atoms with Gasteiger partial charge in [-0.05, 0) is 18.6 Å². The van der Waals surface area contributed by atoms with Crippen molar-refractivity contribution >= 4 is 11.6 Å². The van der Waals surface area contributed by atoms with E-state index in [2.05, 4.69) is 0 Å². The first kappa shape index (κ1) is 13.4. The Kier molecular flexibility index (Phi) is 3.88. The molecule has 1 rings (SSSR count). The van der Waals surface area contributed by atoms with Crippen molar-refractivity contribution in [2.24, 2.45) is 5.73 Å². The van der Waals surface area contributed by atoms with E-state index >= 15 is 0 Å². The number of hydrogen-bond acceptors (Lipinski definition) is 2. The normalized spacial score (nSPS) is 15.9. The van der Waals surface area contributed by atoms with E-state index in [-0.39, 0.29) is 16.1 Å². The summed E-state index contributed by atoms with van der Waals surface area (Å²) in [6, 6.07) is 3.65. The Balaban J connectivity index is 3.35. The minimum absolute atomic E-state index is 0.0651. The predicted molar refractivity (Wildman–Crippen MR) is 59.6 cm³/mol. The van der Waals surface area contributed by atoms with Gasteiger partial charge in [0.2, 0.25) is 0 Å². The number of rotatable bonds is 3. The van der Waals surface area contributed by atoms with E-state index in [1.54, 1.807) is 6.92 Å². The second-order valence-electron chi connectivity index (χ2n) is 3.90. The first-order valence-electron chi connectivity index (χ1n) is 4.85. The lowest BCUT2D eigenvalue weighted by Crippen LogP contribution is -2.27. The van der Waals surface area contributed by atoms with Crippen molar-refractivity contribution in [3.63, 3.8) is 0 Å². The molecule has 2 unspecified atom stereocenters. The second-order valence-corrected chi connectivity index (χ2v) is 4.30. The highest BCUT2D eigenvalue weighted by Gasteiger charge is 2.33. The molecule has 0 fully saturated rings. The number of alkyl halides is 2. The molecule has 1 aromatic rings. The zero-order valence-electron chi connectivity index (χ0n) is 9.05. The van der Waals surface area contributed by atoms with Gasteiger partial charge in [0, 0.05) is 18.5 Å². The summed E-state index contributed by atoms with van der Waals surface area (Å²) in [6.07, 6.45) is -1.15. The molecular formula is C11H14ClF2NO. The van der Waals surface area contributed by atoms with Crippen molar-refractivity contribution in [2.75, 3.05) is 0 Å². The van der Waals surface area contributed by atoms with Crippen molar-refractivity contribution in [3.8, 4) is 0 Å². The van der Waals surface area contributed by atoms with Crippen molar-refractivity contribution < 1.29 is 13.9 Å². The lowest BCUT2D eigenvalue weighted by atomic mass is 9.95. The van der Waals surface area contributed by atoms with Gasteiger partial charge in [-0.1, -0.05) is 23.7 Å². The third-order valence-electron chi connectivity index (χ3n) is 2.30. The Hall–Kier alpha value is -0.710. The molecular weight excluding hydrogens is 236 g/mol. The topological polar surface area (TPSA) is 46.2 Å². The van der Waals surface area contributed by atoms with Crippen LogP contribution in [0.2, 0.25) is 5.02 Å². The quantitative estimate of drug-likeness (QED) is 0.865. The van der Waals surface area contributed by atoms with Crippen LogP contribution in [0.1, 0.15) is 31.1 Å². The molecule has 0 amide bonds. The molecule has 0 saturated heterocycles. The zero-order valence-corrected chi connectivity index (χ0v) is 9.80. The molecule has 0 aliphatic heterocycles. The van der Waals surface area contributed by atoms with Gasteiger partial charge >= 0.3 is 0 Å². The highest BCUT2D eigenvalue weighted by molar-refractivity contribution is 6.31. The first-order chi connectivity index (χ1) is 7.25. The van der Waals surface area contributed by atoms with E-state index in [1.165, 1.54) is 18.2 Å². The van der Waals surface area contributed by atoms with Gasteiger partial charge in [0.15, 0.2) is 0 Å². The van der Waals surface area contributed by atoms with Crippen LogP contribution in [-0.4, -0.2) is 11.1 Å². The molecule has 0 aromatic heterocycles. The van der Waals surface area contributed by atoms with E-state index in [0.717, 1.165) is 6.92 Å². The maximum atomic E-state index is 13.4. The number of aliphatic hydroxyl groups excluding tert-OH is 1. The fourth-order valence-electron chi connectivity index (χ4n) is 1.53. The molecule has 0 spiro atoms. The Morgan fingerprint density at radius 2 is 2.00 bits per heavy atom. The minimum atomic E-state index is -3.11. The standard InChI is InChI=1S/C11H14ClF2NO/c1-6(15)10(16)7-4-3-5-8(12)9(7)11(2,13)14/h3-6,10,16H,15H2,1-2H3. The summed E-state index contributed by atoms with van der Waals surface area (Å²) in [6.45, 7) is 2.29. The van der Waals surface area contributed by atoms with Crippen molar-refractivity contribution in [3.05, 3.63) is 34.3 Å². The van der Waals surface area contributed by atoms with Gasteiger partial charge in [-0.25, -0.2) is 8.78 Å². The maximum absolute atomic E-state index is 13.4. The predicted octanol–water partition coefficient (Wildman–Crippen LogP) is 2.83. The Labute approximate surface area is 98.0 Å². The summed E-state index contributed by atoms with van der Waals surface area (Å²) in [4.78, 5) is 0. The number of aliphatic hydroxyl groups is 1. The van der Waals surface area contributed by atoms with Gasteiger partial charge in [-0.15, -0.1) is 0 Å². The molecule has 2 nitrogen and oxygen atoms in total. The van der Waals surface area contributed by atoms with E-state index in [0.29, 0.717) is 0 Å². The van der Waals surface area contributed by atoms with Gasteiger partial charge in [-0.3, -0.25) is 0 Å². The van der Waals surface area contributed by atoms with Crippen LogP contribution in [0.4, 0.5) is 8.78 Å². The van der Waals surface area contributed by atoms with E-state index in [4.69, 9.17) is 17.3 Å². The van der Waals surface area contributed by atoms with E-state index < -0.39 is 18.1 Å². The molecule has 2 atom stereocenters. The molecule has 0 aliphatic carbocycles. The summed E-state index contributed by atoms with van der Waals surface area (Å²) >= 11 is 5.73. The largest absolute Gasteiger partial charge is 0.387 e. The fourth-order valence-corrected chi connectivity index (χ4v) is 1.88. The molecule has 5 heteroatoms. The number of nitrogens with two attached hydrogens (primary N) is 1. The summed E-state index contributed by atoms with van der Waals surface area (Å²) in [7, 11) is 0. The summed E-state index contributed by atoms with van der Waals surface area (Å²) in [5, 5.41) is 9.68. The molecule has 0 heterocycles. The smallest absolute Gasteiger partial charge is 0.272 e. The minimum Gasteiger partial charge on any atom is -0.387 e. The van der Waals surface area contributed by atoms with Crippen molar-refractivity contribution in [2.45, 2.75) is 31.9 Å². The van der Waals surface area contributed by atoms with Gasteiger partial charge in [0.25, 0.3) is 5.92 Å². The van der Waals surface area contributed by atoms with Crippen molar-refractivity contribution in [1.82, 2.24) is 0 Å². The zero-order chi connectivity index (χ0) is 12.5. The van der Waals surface area contributed by atoms with Crippen LogP contribution in [0, 0.1) is 0 Å². The SMILES string of the molecule is CC(N)C(O)c1cccc(Cl)c1C(C)(F)F. The monoisotopic (exact) mass is 249 g/mol. The molecule has 0 saturated carbocycles. The molecule has 1 aromatic carbocycles. The van der Waals surface area contributed by atoms with Gasteiger partial charge < -0.3 is 10.8 Å². The number of benzene rings is 1. The molecule has 3 N–H and O–H groups in total. The number of hydrogen-bond donors (Lipinski definition) is 2. The lowest BCUT2D eigenvalue weighted by Gasteiger charge is -2.22. The highest BCUT2D eigenvalue weighted by Crippen LogP contribution is 2.38. The third kappa shape index (κ3) is 2.70. The van der Waals surface area contributed by atoms with E-state index in [9.17, 15) is 13.9 Å². The average molecular weight is 250 g/mol. The summed E-state index contributed by atoms with van der Waals surface area (Å²) in [5.41, 5.74) is 5.21. The molecule has 0 bridgehead atoms. The van der Waals surface area contributed by atoms with Crippen molar-refractivity contribution in [1.29, 1.82) is 0 Å². The van der Waals surface area contributed by atoms with Crippen LogP contribution in [0.5, 0.6) is 0 Å². The Morgan fingerprint density at radius 3 is 2.44 bits per heavy atom. The molecule has 0 aliphatic rings. The average Bonchev–Trinajstić information content (AvgIpc) is 2.14. The van der Waals surface area contributed by atoms with Crippen LogP contribution in [0.15, 0.2) is 18.2 Å². The Bertz CT molecular complexity index is 377. The highest BCUT2D eigenvalue weighted by atomic mass is 35.5. The van der Waals surface area contributed by atoms with E-state index in [1.807, 2.05) is 0 Å². The van der Waals surface area contributed by atoms with Crippen LogP contribution in [-0.2, 0) is 5.92 Å². The van der Waals surface area contributed by atoms with Gasteiger partial charge in [0.1, 0.15) is 0 Å².